The molecule has 1 N–H and O–H groups in total. The third-order valence-corrected chi connectivity index (χ3v) is 2.64. The van der Waals surface area contributed by atoms with Gasteiger partial charge in [0.15, 0.2) is 17.2 Å². The number of Topliss-reactive ketones (excluding diaryl/α,β-unsaturated/α-hetero) is 1. The largest absolute Gasteiger partial charge is 0.357 e. The van der Waals surface area contributed by atoms with Crippen molar-refractivity contribution < 1.29 is 9.53 Å². The first kappa shape index (κ1) is 10.3. The molecule has 1 unspecified atom stereocenters. The average molecular weight is 210 g/mol. The fraction of sp³-hybridized carbons (Fsp3) is 0.667. The maximum Gasteiger partial charge on any atom is 0.197 e. The molecule has 0 amide bonds. The minimum atomic E-state index is -0.969. The summed E-state index contributed by atoms with van der Waals surface area (Å²) in [6.45, 7) is 3.23. The quantitative estimate of drug-likeness (QED) is 0.693. The Kier molecular flexibility index (Phi) is 2.54. The lowest BCUT2D eigenvalue weighted by molar-refractivity contribution is -0.149. The van der Waals surface area contributed by atoms with Crippen molar-refractivity contribution >= 4 is 5.78 Å². The van der Waals surface area contributed by atoms with E-state index >= 15 is 0 Å². The minimum Gasteiger partial charge on any atom is -0.357 e. The van der Waals surface area contributed by atoms with E-state index in [1.165, 1.54) is 13.3 Å². The Morgan fingerprint density at radius 3 is 3.00 bits per heavy atom. The summed E-state index contributed by atoms with van der Waals surface area (Å²) in [6.07, 6.45) is 1.43. The highest BCUT2D eigenvalue weighted by Crippen LogP contribution is 2.25. The van der Waals surface area contributed by atoms with Crippen molar-refractivity contribution in [2.45, 2.75) is 12.5 Å². The SMILES string of the molecule is CC(=O)C1(c2ncnn2C)CNCCO1. The van der Waals surface area contributed by atoms with Crippen molar-refractivity contribution in [1.29, 1.82) is 0 Å². The summed E-state index contributed by atoms with van der Waals surface area (Å²) in [5, 5.41) is 7.11. The summed E-state index contributed by atoms with van der Waals surface area (Å²) < 4.78 is 7.19. The molecule has 1 aromatic rings. The average Bonchev–Trinajstić information content (AvgIpc) is 2.66. The van der Waals surface area contributed by atoms with Crippen LogP contribution in [0.4, 0.5) is 0 Å². The van der Waals surface area contributed by atoms with Crippen LogP contribution in [0.3, 0.4) is 0 Å². The maximum absolute atomic E-state index is 11.7. The highest BCUT2D eigenvalue weighted by molar-refractivity contribution is 5.85. The molecule has 0 spiro atoms. The van der Waals surface area contributed by atoms with Crippen molar-refractivity contribution in [3.05, 3.63) is 12.2 Å². The van der Waals surface area contributed by atoms with E-state index in [4.69, 9.17) is 4.74 Å². The van der Waals surface area contributed by atoms with Crippen molar-refractivity contribution in [2.75, 3.05) is 19.7 Å². The molecule has 0 aliphatic carbocycles. The molecule has 0 aromatic carbocycles. The van der Waals surface area contributed by atoms with E-state index in [1.807, 2.05) is 0 Å². The van der Waals surface area contributed by atoms with Gasteiger partial charge in [0.2, 0.25) is 0 Å². The molecule has 0 saturated carbocycles. The van der Waals surface area contributed by atoms with Crippen LogP contribution in [0, 0.1) is 0 Å². The highest BCUT2D eigenvalue weighted by Gasteiger charge is 2.43. The van der Waals surface area contributed by atoms with Crippen molar-refractivity contribution in [3.8, 4) is 0 Å². The second kappa shape index (κ2) is 3.71. The van der Waals surface area contributed by atoms with Gasteiger partial charge in [-0.15, -0.1) is 0 Å². The number of nitrogens with one attached hydrogen (secondary N) is 1. The first-order chi connectivity index (χ1) is 7.17. The summed E-state index contributed by atoms with van der Waals surface area (Å²) in [7, 11) is 1.75. The molecular formula is C9H14N4O2. The number of ether oxygens (including phenoxy) is 1. The molecule has 6 nitrogen and oxygen atoms in total. The van der Waals surface area contributed by atoms with Gasteiger partial charge >= 0.3 is 0 Å². The summed E-state index contributed by atoms with van der Waals surface area (Å²) in [4.78, 5) is 15.8. The van der Waals surface area contributed by atoms with Crippen molar-refractivity contribution in [2.24, 2.45) is 7.05 Å². The van der Waals surface area contributed by atoms with Gasteiger partial charge in [-0.05, 0) is 6.92 Å². The lowest BCUT2D eigenvalue weighted by atomic mass is 9.96. The predicted molar refractivity (Wildman–Crippen MR) is 52.2 cm³/mol. The molecular weight excluding hydrogens is 196 g/mol. The van der Waals surface area contributed by atoms with Crippen molar-refractivity contribution in [3.63, 3.8) is 0 Å². The molecule has 0 bridgehead atoms. The summed E-state index contributed by atoms with van der Waals surface area (Å²) in [5.74, 6) is 0.507. The van der Waals surface area contributed by atoms with Crippen LogP contribution in [0.2, 0.25) is 0 Å². The Balaban J connectivity index is 2.42. The molecule has 1 fully saturated rings. The molecule has 82 valence electrons. The van der Waals surface area contributed by atoms with Crippen LogP contribution >= 0.6 is 0 Å². The zero-order valence-electron chi connectivity index (χ0n) is 8.86. The fourth-order valence-corrected chi connectivity index (χ4v) is 1.80. The van der Waals surface area contributed by atoms with Crippen LogP contribution in [-0.2, 0) is 22.2 Å². The van der Waals surface area contributed by atoms with Gasteiger partial charge in [0, 0.05) is 20.1 Å². The van der Waals surface area contributed by atoms with Crippen LogP contribution in [0.1, 0.15) is 12.7 Å². The molecule has 1 atom stereocenters. The van der Waals surface area contributed by atoms with Crippen LogP contribution in [0.25, 0.3) is 0 Å². The Labute approximate surface area is 87.6 Å². The molecule has 1 aromatic heterocycles. The number of carbonyl (C=O) groups excluding carboxylic acids is 1. The Hall–Kier alpha value is -1.27. The molecule has 1 aliphatic rings. The molecule has 1 aliphatic heterocycles. The minimum absolute atomic E-state index is 0.0502. The smallest absolute Gasteiger partial charge is 0.197 e. The Bertz CT molecular complexity index is 368. The first-order valence-electron chi connectivity index (χ1n) is 4.87. The van der Waals surface area contributed by atoms with Gasteiger partial charge in [-0.25, -0.2) is 4.98 Å². The topological polar surface area (TPSA) is 69.0 Å². The summed E-state index contributed by atoms with van der Waals surface area (Å²) in [6, 6.07) is 0. The second-order valence-electron chi connectivity index (χ2n) is 3.62. The van der Waals surface area contributed by atoms with E-state index in [-0.39, 0.29) is 5.78 Å². The van der Waals surface area contributed by atoms with Crippen LogP contribution in [0.15, 0.2) is 6.33 Å². The highest BCUT2D eigenvalue weighted by atomic mass is 16.5. The number of morpholine rings is 1. The molecule has 0 radical (unpaired) electrons. The number of hydrogen-bond donors (Lipinski definition) is 1. The van der Waals surface area contributed by atoms with E-state index in [2.05, 4.69) is 15.4 Å². The van der Waals surface area contributed by atoms with Gasteiger partial charge in [0.05, 0.1) is 6.61 Å². The monoisotopic (exact) mass is 210 g/mol. The Morgan fingerprint density at radius 2 is 2.53 bits per heavy atom. The second-order valence-corrected chi connectivity index (χ2v) is 3.62. The normalized spacial score (nSPS) is 26.5. The van der Waals surface area contributed by atoms with E-state index in [1.54, 1.807) is 11.7 Å². The number of carbonyl (C=O) groups is 1. The number of rotatable bonds is 2. The van der Waals surface area contributed by atoms with Crippen LogP contribution < -0.4 is 5.32 Å². The van der Waals surface area contributed by atoms with E-state index in [9.17, 15) is 4.79 Å². The lowest BCUT2D eigenvalue weighted by Gasteiger charge is -2.34. The summed E-state index contributed by atoms with van der Waals surface area (Å²) >= 11 is 0. The third kappa shape index (κ3) is 1.55. The molecule has 6 heteroatoms. The van der Waals surface area contributed by atoms with Gasteiger partial charge in [0.1, 0.15) is 6.33 Å². The molecule has 15 heavy (non-hydrogen) atoms. The number of aromatic nitrogens is 3. The van der Waals surface area contributed by atoms with E-state index in [0.29, 0.717) is 19.0 Å². The first-order valence-corrected chi connectivity index (χ1v) is 4.87. The fourth-order valence-electron chi connectivity index (χ4n) is 1.80. The maximum atomic E-state index is 11.7. The standard InChI is InChI=1S/C9H14N4O2/c1-7(14)9(5-10-3-4-15-9)8-11-6-12-13(8)2/h6,10H,3-5H2,1-2H3. The van der Waals surface area contributed by atoms with Crippen molar-refractivity contribution in [1.82, 2.24) is 20.1 Å². The van der Waals surface area contributed by atoms with Crippen LogP contribution in [0.5, 0.6) is 0 Å². The van der Waals surface area contributed by atoms with Gasteiger partial charge < -0.3 is 10.1 Å². The van der Waals surface area contributed by atoms with E-state index < -0.39 is 5.60 Å². The van der Waals surface area contributed by atoms with Gasteiger partial charge in [-0.3, -0.25) is 9.48 Å². The summed E-state index contributed by atoms with van der Waals surface area (Å²) in [5.41, 5.74) is -0.969. The number of aryl methyl sites for hydroxylation is 1. The van der Waals surface area contributed by atoms with Gasteiger partial charge in [-0.1, -0.05) is 0 Å². The van der Waals surface area contributed by atoms with E-state index in [0.717, 1.165) is 6.54 Å². The van der Waals surface area contributed by atoms with Gasteiger partial charge in [-0.2, -0.15) is 5.10 Å². The number of ketones is 1. The molecule has 1 saturated heterocycles. The predicted octanol–water partition coefficient (Wildman–Crippen LogP) is -0.781. The number of nitrogens with zero attached hydrogens (tertiary/aromatic N) is 3. The van der Waals surface area contributed by atoms with Gasteiger partial charge in [0.25, 0.3) is 0 Å². The third-order valence-electron chi connectivity index (χ3n) is 2.64. The number of hydrogen-bond acceptors (Lipinski definition) is 5. The zero-order chi connectivity index (χ0) is 10.9. The Morgan fingerprint density at radius 1 is 1.73 bits per heavy atom. The lowest BCUT2D eigenvalue weighted by Crippen LogP contribution is -2.53. The molecule has 2 heterocycles. The zero-order valence-corrected chi connectivity index (χ0v) is 8.86. The molecule has 2 rings (SSSR count). The van der Waals surface area contributed by atoms with Crippen LogP contribution in [-0.4, -0.2) is 40.2 Å².